The number of nitrogens with zero attached hydrogens (tertiary/aromatic N) is 2. The normalized spacial score (nSPS) is 15.3. The van der Waals surface area contributed by atoms with E-state index < -0.39 is 0 Å². The van der Waals surface area contributed by atoms with Gasteiger partial charge in [-0.15, -0.1) is 0 Å². The summed E-state index contributed by atoms with van der Waals surface area (Å²) in [4.78, 5) is 4.59. The molecule has 0 radical (unpaired) electrons. The van der Waals surface area contributed by atoms with E-state index in [0.29, 0.717) is 0 Å². The lowest BCUT2D eigenvalue weighted by Crippen LogP contribution is -2.25. The summed E-state index contributed by atoms with van der Waals surface area (Å²) >= 11 is 0. The zero-order valence-electron chi connectivity index (χ0n) is 9.55. The van der Waals surface area contributed by atoms with E-state index in [-0.39, 0.29) is 0 Å². The molecule has 0 saturated heterocycles. The fourth-order valence-electron chi connectivity index (χ4n) is 2.17. The van der Waals surface area contributed by atoms with Crippen molar-refractivity contribution in [2.75, 3.05) is 20.3 Å². The lowest BCUT2D eigenvalue weighted by atomic mass is 10.2. The summed E-state index contributed by atoms with van der Waals surface area (Å²) in [5.41, 5.74) is 2.65. The zero-order valence-corrected chi connectivity index (χ0v) is 9.55. The molecule has 0 aliphatic carbocycles. The predicted octanol–water partition coefficient (Wildman–Crippen LogP) is 0.874. The van der Waals surface area contributed by atoms with Crippen LogP contribution in [0.25, 0.3) is 0 Å². The van der Waals surface area contributed by atoms with Crippen molar-refractivity contribution >= 4 is 0 Å². The van der Waals surface area contributed by atoms with Crippen LogP contribution in [0.3, 0.4) is 0 Å². The van der Waals surface area contributed by atoms with Gasteiger partial charge in [-0.25, -0.2) is 4.98 Å². The molecule has 0 atom stereocenters. The molecule has 1 aromatic heterocycles. The van der Waals surface area contributed by atoms with Crippen molar-refractivity contribution in [2.45, 2.75) is 32.9 Å². The molecular weight excluding hydrogens is 190 g/mol. The lowest BCUT2D eigenvalue weighted by Gasteiger charge is -2.15. The fraction of sp³-hybridized carbons (Fsp3) is 0.727. The van der Waals surface area contributed by atoms with Crippen molar-refractivity contribution in [3.05, 3.63) is 17.2 Å². The minimum Gasteiger partial charge on any atom is -0.385 e. The number of ether oxygens (including phenoxy) is 1. The Kier molecular flexibility index (Phi) is 3.38. The smallest absolute Gasteiger partial charge is 0.106 e. The third kappa shape index (κ3) is 2.21. The maximum atomic E-state index is 5.08. The van der Waals surface area contributed by atoms with Gasteiger partial charge in [0.1, 0.15) is 5.82 Å². The van der Waals surface area contributed by atoms with E-state index in [0.717, 1.165) is 44.9 Å². The summed E-state index contributed by atoms with van der Waals surface area (Å²) in [6.45, 7) is 5.94. The molecule has 1 N–H and O–H groups in total. The van der Waals surface area contributed by atoms with Crippen molar-refractivity contribution in [2.24, 2.45) is 0 Å². The van der Waals surface area contributed by atoms with Gasteiger partial charge in [-0.3, -0.25) is 0 Å². The van der Waals surface area contributed by atoms with Crippen LogP contribution in [0.4, 0.5) is 0 Å². The first-order chi connectivity index (χ1) is 7.33. The van der Waals surface area contributed by atoms with Gasteiger partial charge in [-0.2, -0.15) is 0 Å². The fourth-order valence-corrected chi connectivity index (χ4v) is 2.17. The van der Waals surface area contributed by atoms with Gasteiger partial charge in [-0.05, 0) is 13.3 Å². The van der Waals surface area contributed by atoms with Gasteiger partial charge in [0.15, 0.2) is 0 Å². The molecule has 15 heavy (non-hydrogen) atoms. The number of methoxy groups -OCH3 is 1. The number of aryl methyl sites for hydroxylation is 1. The molecule has 0 aromatic carbocycles. The highest BCUT2D eigenvalue weighted by molar-refractivity contribution is 5.19. The molecular formula is C11H19N3O. The summed E-state index contributed by atoms with van der Waals surface area (Å²) in [5.74, 6) is 1.14. The van der Waals surface area contributed by atoms with Gasteiger partial charge >= 0.3 is 0 Å². The van der Waals surface area contributed by atoms with Crippen LogP contribution >= 0.6 is 0 Å². The highest BCUT2D eigenvalue weighted by atomic mass is 16.5. The van der Waals surface area contributed by atoms with Crippen molar-refractivity contribution in [1.29, 1.82) is 0 Å². The molecule has 0 saturated carbocycles. The van der Waals surface area contributed by atoms with Crippen LogP contribution in [0.2, 0.25) is 0 Å². The SMILES string of the molecule is COCCCn1c(C)nc2c1CCNC2. The molecule has 4 heteroatoms. The molecule has 0 spiro atoms. The Morgan fingerprint density at radius 1 is 1.53 bits per heavy atom. The summed E-state index contributed by atoms with van der Waals surface area (Å²) in [7, 11) is 1.75. The topological polar surface area (TPSA) is 39.1 Å². The second kappa shape index (κ2) is 4.77. The minimum atomic E-state index is 0.824. The molecule has 0 bridgehead atoms. The monoisotopic (exact) mass is 209 g/mol. The Labute approximate surface area is 90.6 Å². The van der Waals surface area contributed by atoms with Crippen LogP contribution in [0.1, 0.15) is 23.6 Å². The van der Waals surface area contributed by atoms with E-state index >= 15 is 0 Å². The molecule has 0 fully saturated rings. The molecule has 0 amide bonds. The van der Waals surface area contributed by atoms with E-state index in [1.54, 1.807) is 7.11 Å². The molecule has 2 heterocycles. The van der Waals surface area contributed by atoms with Crippen LogP contribution in [-0.4, -0.2) is 29.8 Å². The summed E-state index contributed by atoms with van der Waals surface area (Å²) in [5, 5.41) is 3.35. The lowest BCUT2D eigenvalue weighted by molar-refractivity contribution is 0.189. The quantitative estimate of drug-likeness (QED) is 0.748. The Hall–Kier alpha value is -0.870. The predicted molar refractivity (Wildman–Crippen MR) is 58.9 cm³/mol. The van der Waals surface area contributed by atoms with E-state index in [1.807, 2.05) is 0 Å². The summed E-state index contributed by atoms with van der Waals surface area (Å²) < 4.78 is 7.42. The van der Waals surface area contributed by atoms with Crippen molar-refractivity contribution in [1.82, 2.24) is 14.9 Å². The van der Waals surface area contributed by atoms with Crippen LogP contribution in [-0.2, 0) is 24.2 Å². The van der Waals surface area contributed by atoms with Crippen LogP contribution in [0, 0.1) is 6.92 Å². The van der Waals surface area contributed by atoms with E-state index in [9.17, 15) is 0 Å². The van der Waals surface area contributed by atoms with Gasteiger partial charge in [0.05, 0.1) is 5.69 Å². The van der Waals surface area contributed by atoms with Gasteiger partial charge in [0.2, 0.25) is 0 Å². The highest BCUT2D eigenvalue weighted by Gasteiger charge is 2.16. The third-order valence-corrected chi connectivity index (χ3v) is 2.91. The van der Waals surface area contributed by atoms with E-state index in [4.69, 9.17) is 4.74 Å². The maximum absolute atomic E-state index is 5.08. The first kappa shape index (κ1) is 10.6. The third-order valence-electron chi connectivity index (χ3n) is 2.91. The van der Waals surface area contributed by atoms with Crippen molar-refractivity contribution < 1.29 is 4.74 Å². The number of hydrogen-bond acceptors (Lipinski definition) is 3. The van der Waals surface area contributed by atoms with Gasteiger partial charge < -0.3 is 14.6 Å². The van der Waals surface area contributed by atoms with Crippen LogP contribution in [0.15, 0.2) is 0 Å². The average molecular weight is 209 g/mol. The number of rotatable bonds is 4. The second-order valence-electron chi connectivity index (χ2n) is 3.98. The summed E-state index contributed by atoms with van der Waals surface area (Å²) in [6, 6.07) is 0. The number of fused-ring (bicyclic) bond motifs is 1. The van der Waals surface area contributed by atoms with E-state index in [1.165, 1.54) is 11.4 Å². The van der Waals surface area contributed by atoms with E-state index in [2.05, 4.69) is 21.8 Å². The molecule has 1 aliphatic rings. The van der Waals surface area contributed by atoms with Gasteiger partial charge in [0, 0.05) is 45.5 Å². The molecule has 2 rings (SSSR count). The highest BCUT2D eigenvalue weighted by Crippen LogP contribution is 2.15. The Morgan fingerprint density at radius 2 is 2.40 bits per heavy atom. The number of aromatic nitrogens is 2. The first-order valence-corrected chi connectivity index (χ1v) is 5.57. The Morgan fingerprint density at radius 3 is 3.20 bits per heavy atom. The summed E-state index contributed by atoms with van der Waals surface area (Å²) in [6.07, 6.45) is 2.16. The molecule has 4 nitrogen and oxygen atoms in total. The molecule has 0 unspecified atom stereocenters. The number of nitrogens with one attached hydrogen (secondary N) is 1. The maximum Gasteiger partial charge on any atom is 0.106 e. The van der Waals surface area contributed by atoms with Crippen LogP contribution in [0.5, 0.6) is 0 Å². The number of hydrogen-bond donors (Lipinski definition) is 1. The average Bonchev–Trinajstić information content (AvgIpc) is 2.56. The minimum absolute atomic E-state index is 0.824. The van der Waals surface area contributed by atoms with Crippen molar-refractivity contribution in [3.8, 4) is 0 Å². The molecule has 1 aromatic rings. The van der Waals surface area contributed by atoms with Crippen molar-refractivity contribution in [3.63, 3.8) is 0 Å². The Balaban J connectivity index is 2.11. The molecule has 84 valence electrons. The first-order valence-electron chi connectivity index (χ1n) is 5.57. The number of imidazole rings is 1. The standard InChI is InChI=1S/C11H19N3O/c1-9-13-10-8-12-5-4-11(10)14(9)6-3-7-15-2/h12H,3-8H2,1-2H3. The molecule has 1 aliphatic heterocycles. The van der Waals surface area contributed by atoms with Gasteiger partial charge in [0.25, 0.3) is 0 Å². The Bertz CT molecular complexity index is 333. The van der Waals surface area contributed by atoms with Crippen LogP contribution < -0.4 is 5.32 Å². The largest absolute Gasteiger partial charge is 0.385 e. The second-order valence-corrected chi connectivity index (χ2v) is 3.98. The zero-order chi connectivity index (χ0) is 10.7. The van der Waals surface area contributed by atoms with Gasteiger partial charge in [-0.1, -0.05) is 0 Å².